The number of aliphatic hydroxyl groups is 1. The molecule has 3 N–H and O–H groups in total. The van der Waals surface area contributed by atoms with Crippen LogP contribution in [0.25, 0.3) is 0 Å². The van der Waals surface area contributed by atoms with Gasteiger partial charge in [0.25, 0.3) is 5.56 Å². The molecule has 1 fully saturated rings. The lowest BCUT2D eigenvalue weighted by Gasteiger charge is -2.21. The van der Waals surface area contributed by atoms with Gasteiger partial charge in [-0.15, -0.1) is 0 Å². The average molecular weight is 225 g/mol. The molecule has 2 heterocycles. The largest absolute Gasteiger partial charge is 0.480 e. The summed E-state index contributed by atoms with van der Waals surface area (Å²) in [6.07, 6.45) is 0.646. The lowest BCUT2D eigenvalue weighted by atomic mass is 10.2. The first-order valence-electron chi connectivity index (χ1n) is 4.80. The standard InChI is InChI=1S/C9H11N3O4/c13-5-1-6(9(15)16)12(3-5)7-2-8(14)11-4-10-7/h2,4-6,13H,1,3H2,(H,15,16)(H,10,11,14). The zero-order valence-corrected chi connectivity index (χ0v) is 8.33. The van der Waals surface area contributed by atoms with Crippen molar-refractivity contribution in [2.24, 2.45) is 0 Å². The molecule has 2 rings (SSSR count). The van der Waals surface area contributed by atoms with Crippen molar-refractivity contribution in [3.8, 4) is 0 Å². The van der Waals surface area contributed by atoms with Crippen LogP contribution in [0.3, 0.4) is 0 Å². The highest BCUT2D eigenvalue weighted by Gasteiger charge is 2.36. The van der Waals surface area contributed by atoms with Gasteiger partial charge in [0.15, 0.2) is 0 Å². The molecule has 2 unspecified atom stereocenters. The van der Waals surface area contributed by atoms with Crippen LogP contribution in [0.4, 0.5) is 5.82 Å². The van der Waals surface area contributed by atoms with Gasteiger partial charge in [-0.2, -0.15) is 0 Å². The minimum Gasteiger partial charge on any atom is -0.480 e. The number of aromatic nitrogens is 2. The zero-order chi connectivity index (χ0) is 11.7. The van der Waals surface area contributed by atoms with Crippen molar-refractivity contribution >= 4 is 11.8 Å². The van der Waals surface area contributed by atoms with Gasteiger partial charge in [0.1, 0.15) is 11.9 Å². The van der Waals surface area contributed by atoms with Crippen LogP contribution in [-0.4, -0.2) is 44.8 Å². The Morgan fingerprint density at radius 3 is 3.00 bits per heavy atom. The predicted molar refractivity (Wildman–Crippen MR) is 54.3 cm³/mol. The topological polar surface area (TPSA) is 107 Å². The first-order chi connectivity index (χ1) is 7.58. The molecule has 0 bridgehead atoms. The lowest BCUT2D eigenvalue weighted by Crippen LogP contribution is -2.37. The molecule has 1 aliphatic rings. The smallest absolute Gasteiger partial charge is 0.326 e. The van der Waals surface area contributed by atoms with Gasteiger partial charge in [-0.3, -0.25) is 4.79 Å². The summed E-state index contributed by atoms with van der Waals surface area (Å²) in [7, 11) is 0. The van der Waals surface area contributed by atoms with Crippen molar-refractivity contribution in [3.63, 3.8) is 0 Å². The molecule has 7 heteroatoms. The molecule has 16 heavy (non-hydrogen) atoms. The fourth-order valence-electron chi connectivity index (χ4n) is 1.82. The van der Waals surface area contributed by atoms with Gasteiger partial charge in [-0.1, -0.05) is 0 Å². The van der Waals surface area contributed by atoms with E-state index in [0.717, 1.165) is 0 Å². The Labute approximate surface area is 90.4 Å². The lowest BCUT2D eigenvalue weighted by molar-refractivity contribution is -0.138. The monoisotopic (exact) mass is 225 g/mol. The third-order valence-electron chi connectivity index (χ3n) is 2.52. The van der Waals surface area contributed by atoms with Crippen LogP contribution in [-0.2, 0) is 4.79 Å². The third kappa shape index (κ3) is 1.89. The zero-order valence-electron chi connectivity index (χ0n) is 8.33. The number of carbonyl (C=O) groups is 1. The maximum atomic E-state index is 11.1. The number of hydrogen-bond donors (Lipinski definition) is 3. The third-order valence-corrected chi connectivity index (χ3v) is 2.52. The molecule has 1 aromatic heterocycles. The normalized spacial score (nSPS) is 24.7. The number of H-pyrrole nitrogens is 1. The molecule has 86 valence electrons. The quantitative estimate of drug-likeness (QED) is 0.583. The summed E-state index contributed by atoms with van der Waals surface area (Å²) in [5.41, 5.74) is -0.351. The minimum absolute atomic E-state index is 0.143. The van der Waals surface area contributed by atoms with Crippen molar-refractivity contribution in [2.75, 3.05) is 11.4 Å². The van der Waals surface area contributed by atoms with E-state index in [2.05, 4.69) is 9.97 Å². The van der Waals surface area contributed by atoms with Gasteiger partial charge in [-0.25, -0.2) is 9.78 Å². The van der Waals surface area contributed by atoms with Crippen molar-refractivity contribution in [1.82, 2.24) is 9.97 Å². The molecule has 0 spiro atoms. The Balaban J connectivity index is 2.32. The Kier molecular flexibility index (Phi) is 2.61. The van der Waals surface area contributed by atoms with E-state index < -0.39 is 18.1 Å². The fraction of sp³-hybridized carbons (Fsp3) is 0.444. The van der Waals surface area contributed by atoms with Gasteiger partial charge in [0.2, 0.25) is 0 Å². The molecule has 0 saturated carbocycles. The van der Waals surface area contributed by atoms with Crippen molar-refractivity contribution in [3.05, 3.63) is 22.7 Å². The summed E-state index contributed by atoms with van der Waals surface area (Å²) in [4.78, 5) is 29.7. The summed E-state index contributed by atoms with van der Waals surface area (Å²) in [5.74, 6) is -0.758. The van der Waals surface area contributed by atoms with Gasteiger partial charge in [0.05, 0.1) is 12.4 Å². The van der Waals surface area contributed by atoms with Crippen LogP contribution in [0.2, 0.25) is 0 Å². The molecular weight excluding hydrogens is 214 g/mol. The van der Waals surface area contributed by atoms with Crippen LogP contribution in [0, 0.1) is 0 Å². The number of aliphatic hydroxyl groups excluding tert-OH is 1. The van der Waals surface area contributed by atoms with Crippen molar-refractivity contribution < 1.29 is 15.0 Å². The molecule has 0 amide bonds. The molecule has 1 aliphatic heterocycles. The summed E-state index contributed by atoms with van der Waals surface area (Å²) in [6.45, 7) is 0.174. The van der Waals surface area contributed by atoms with Crippen molar-refractivity contribution in [1.29, 1.82) is 0 Å². The SMILES string of the molecule is O=C(O)C1CC(O)CN1c1cc(=O)[nH]cn1. The van der Waals surface area contributed by atoms with E-state index in [0.29, 0.717) is 0 Å². The Morgan fingerprint density at radius 1 is 1.62 bits per heavy atom. The minimum atomic E-state index is -1.03. The fourth-order valence-corrected chi connectivity index (χ4v) is 1.82. The van der Waals surface area contributed by atoms with E-state index in [4.69, 9.17) is 5.11 Å². The molecular formula is C9H11N3O4. The Hall–Kier alpha value is -1.89. The molecule has 2 atom stereocenters. The molecule has 0 radical (unpaired) electrons. The van der Waals surface area contributed by atoms with Gasteiger partial charge >= 0.3 is 5.97 Å². The second kappa shape index (κ2) is 3.93. The van der Waals surface area contributed by atoms with Crippen LogP contribution in [0.1, 0.15) is 6.42 Å². The number of carboxylic acid groups (broad SMARTS) is 1. The number of carboxylic acids is 1. The Bertz CT molecular complexity index is 458. The molecule has 1 aromatic rings. The van der Waals surface area contributed by atoms with E-state index in [1.807, 2.05) is 0 Å². The summed E-state index contributed by atoms with van der Waals surface area (Å²) < 4.78 is 0. The first-order valence-corrected chi connectivity index (χ1v) is 4.80. The maximum Gasteiger partial charge on any atom is 0.326 e. The molecule has 0 aliphatic carbocycles. The van der Waals surface area contributed by atoms with E-state index in [9.17, 15) is 14.7 Å². The molecule has 0 aromatic carbocycles. The number of rotatable bonds is 2. The second-order valence-electron chi connectivity index (χ2n) is 3.67. The summed E-state index contributed by atoms with van der Waals surface area (Å²) in [6, 6.07) is 0.387. The highest BCUT2D eigenvalue weighted by atomic mass is 16.4. The number of nitrogens with one attached hydrogen (secondary N) is 1. The highest BCUT2D eigenvalue weighted by Crippen LogP contribution is 2.22. The maximum absolute atomic E-state index is 11.1. The van der Waals surface area contributed by atoms with Crippen LogP contribution in [0.15, 0.2) is 17.2 Å². The predicted octanol–water partition coefficient (Wildman–Crippen LogP) is -1.21. The van der Waals surface area contributed by atoms with E-state index in [1.54, 1.807) is 0 Å². The number of aromatic amines is 1. The summed E-state index contributed by atoms with van der Waals surface area (Å²) >= 11 is 0. The summed E-state index contributed by atoms with van der Waals surface area (Å²) in [5, 5.41) is 18.4. The van der Waals surface area contributed by atoms with Crippen LogP contribution in [0.5, 0.6) is 0 Å². The highest BCUT2D eigenvalue weighted by molar-refractivity contribution is 5.78. The van der Waals surface area contributed by atoms with E-state index in [-0.39, 0.29) is 24.3 Å². The van der Waals surface area contributed by atoms with E-state index in [1.165, 1.54) is 17.3 Å². The van der Waals surface area contributed by atoms with Crippen LogP contribution >= 0.6 is 0 Å². The van der Waals surface area contributed by atoms with Gasteiger partial charge < -0.3 is 20.1 Å². The number of anilines is 1. The second-order valence-corrected chi connectivity index (χ2v) is 3.67. The van der Waals surface area contributed by atoms with Gasteiger partial charge in [-0.05, 0) is 0 Å². The Morgan fingerprint density at radius 2 is 2.38 bits per heavy atom. The average Bonchev–Trinajstić information content (AvgIpc) is 2.60. The number of β-amino-alcohol motifs (C(OH)–C–C–N with tert-alkyl or cyclic N) is 1. The van der Waals surface area contributed by atoms with E-state index >= 15 is 0 Å². The van der Waals surface area contributed by atoms with Crippen molar-refractivity contribution in [2.45, 2.75) is 18.6 Å². The number of nitrogens with zero attached hydrogens (tertiary/aromatic N) is 2. The first kappa shape index (κ1) is 10.6. The number of aliphatic carboxylic acids is 1. The molecule has 7 nitrogen and oxygen atoms in total. The van der Waals surface area contributed by atoms with Crippen LogP contribution < -0.4 is 10.5 Å². The van der Waals surface area contributed by atoms with Gasteiger partial charge in [0, 0.05) is 19.0 Å². The number of hydrogen-bond acceptors (Lipinski definition) is 5. The molecule has 1 saturated heterocycles.